The van der Waals surface area contributed by atoms with E-state index in [-0.39, 0.29) is 5.82 Å². The van der Waals surface area contributed by atoms with Crippen LogP contribution in [0.3, 0.4) is 0 Å². The summed E-state index contributed by atoms with van der Waals surface area (Å²) >= 11 is 0. The Morgan fingerprint density at radius 3 is 2.61 bits per heavy atom. The number of nitrogens with zero attached hydrogens (tertiary/aromatic N) is 2. The number of fused-ring (bicyclic) bond motifs is 1. The van der Waals surface area contributed by atoms with Crippen molar-refractivity contribution >= 4 is 22.6 Å². The Kier molecular flexibility index (Phi) is 4.86. The molecule has 28 heavy (non-hydrogen) atoms. The van der Waals surface area contributed by atoms with Gasteiger partial charge < -0.3 is 14.4 Å². The van der Waals surface area contributed by atoms with E-state index < -0.39 is 5.97 Å². The van der Waals surface area contributed by atoms with Crippen LogP contribution in [0.4, 0.5) is 10.2 Å². The standard InChI is InChI=1S/C22H21FN2O3/c1-27-19-9-8-14(23)12-17(19)18-13-24-21(25-10-3-4-11-25)20-15(18)6-5-7-16(20)22(26)28-2/h5-9,12-13H,3-4,10-11H2,1-2H3. The maximum absolute atomic E-state index is 14.0. The van der Waals surface area contributed by atoms with E-state index in [9.17, 15) is 9.18 Å². The molecule has 3 aromatic rings. The molecule has 144 valence electrons. The van der Waals surface area contributed by atoms with Gasteiger partial charge in [-0.15, -0.1) is 0 Å². The molecule has 0 amide bonds. The van der Waals surface area contributed by atoms with Crippen LogP contribution in [0.25, 0.3) is 21.9 Å². The summed E-state index contributed by atoms with van der Waals surface area (Å²) in [6, 6.07) is 9.84. The van der Waals surface area contributed by atoms with Gasteiger partial charge in [0, 0.05) is 35.8 Å². The highest BCUT2D eigenvalue weighted by atomic mass is 19.1. The Labute approximate surface area is 162 Å². The number of halogens is 1. The minimum absolute atomic E-state index is 0.364. The number of hydrogen-bond acceptors (Lipinski definition) is 5. The lowest BCUT2D eigenvalue weighted by Gasteiger charge is -2.21. The maximum Gasteiger partial charge on any atom is 0.338 e. The van der Waals surface area contributed by atoms with Crippen LogP contribution in [0.1, 0.15) is 23.2 Å². The van der Waals surface area contributed by atoms with Gasteiger partial charge in [0.2, 0.25) is 0 Å². The molecular weight excluding hydrogens is 359 g/mol. The molecule has 0 saturated carbocycles. The van der Waals surface area contributed by atoms with Crippen molar-refractivity contribution in [3.05, 3.63) is 54.0 Å². The summed E-state index contributed by atoms with van der Waals surface area (Å²) in [5, 5.41) is 1.53. The maximum atomic E-state index is 14.0. The Morgan fingerprint density at radius 2 is 1.89 bits per heavy atom. The fourth-order valence-electron chi connectivity index (χ4n) is 3.83. The number of pyridine rings is 1. The molecule has 4 rings (SSSR count). The summed E-state index contributed by atoms with van der Waals surface area (Å²) in [6.45, 7) is 1.78. The molecule has 1 aliphatic rings. The second-order valence-corrected chi connectivity index (χ2v) is 6.75. The first kappa shape index (κ1) is 18.2. The molecule has 0 radical (unpaired) electrons. The number of esters is 1. The fourth-order valence-corrected chi connectivity index (χ4v) is 3.83. The molecule has 1 aromatic heterocycles. The van der Waals surface area contributed by atoms with Crippen molar-refractivity contribution in [1.29, 1.82) is 0 Å². The van der Waals surface area contributed by atoms with E-state index in [0.717, 1.165) is 42.5 Å². The molecule has 0 unspecified atom stereocenters. The van der Waals surface area contributed by atoms with Gasteiger partial charge in [-0.3, -0.25) is 0 Å². The summed E-state index contributed by atoms with van der Waals surface area (Å²) in [6.07, 6.45) is 3.90. The van der Waals surface area contributed by atoms with Gasteiger partial charge in [-0.05, 0) is 42.5 Å². The molecule has 5 nitrogen and oxygen atoms in total. The first-order valence-corrected chi connectivity index (χ1v) is 9.23. The number of carbonyl (C=O) groups is 1. The van der Waals surface area contributed by atoms with Crippen LogP contribution in [-0.4, -0.2) is 38.3 Å². The van der Waals surface area contributed by atoms with E-state index in [1.165, 1.54) is 19.2 Å². The Bertz CT molecular complexity index is 1050. The van der Waals surface area contributed by atoms with Crippen molar-refractivity contribution in [1.82, 2.24) is 4.98 Å². The van der Waals surface area contributed by atoms with E-state index >= 15 is 0 Å². The number of aromatic nitrogens is 1. The molecule has 0 spiro atoms. The highest BCUT2D eigenvalue weighted by Gasteiger charge is 2.23. The second-order valence-electron chi connectivity index (χ2n) is 6.75. The number of anilines is 1. The van der Waals surface area contributed by atoms with Gasteiger partial charge in [0.05, 0.1) is 19.8 Å². The Morgan fingerprint density at radius 1 is 1.11 bits per heavy atom. The third-order valence-corrected chi connectivity index (χ3v) is 5.16. The summed E-state index contributed by atoms with van der Waals surface area (Å²) in [4.78, 5) is 19.3. The van der Waals surface area contributed by atoms with Crippen LogP contribution in [0, 0.1) is 5.82 Å². The van der Waals surface area contributed by atoms with E-state index in [1.54, 1.807) is 31.5 Å². The van der Waals surface area contributed by atoms with Gasteiger partial charge in [-0.25, -0.2) is 14.2 Å². The lowest BCUT2D eigenvalue weighted by atomic mass is 9.96. The lowest BCUT2D eigenvalue weighted by molar-refractivity contribution is 0.0603. The van der Waals surface area contributed by atoms with Gasteiger partial charge >= 0.3 is 5.97 Å². The smallest absolute Gasteiger partial charge is 0.338 e. The average Bonchev–Trinajstić information content (AvgIpc) is 3.26. The molecule has 6 heteroatoms. The molecule has 0 atom stereocenters. The minimum atomic E-state index is -0.420. The largest absolute Gasteiger partial charge is 0.496 e. The summed E-state index contributed by atoms with van der Waals surface area (Å²) in [5.74, 6) is 0.516. The molecule has 2 heterocycles. The van der Waals surface area contributed by atoms with Crippen molar-refractivity contribution in [2.24, 2.45) is 0 Å². The molecule has 0 bridgehead atoms. The Hall–Kier alpha value is -3.15. The average molecular weight is 380 g/mol. The highest BCUT2D eigenvalue weighted by molar-refractivity contribution is 6.13. The molecule has 1 fully saturated rings. The number of benzene rings is 2. The number of hydrogen-bond donors (Lipinski definition) is 0. The number of carbonyl (C=O) groups excluding carboxylic acids is 1. The van der Waals surface area contributed by atoms with Crippen molar-refractivity contribution in [3.63, 3.8) is 0 Å². The van der Waals surface area contributed by atoms with Crippen LogP contribution in [0.15, 0.2) is 42.6 Å². The van der Waals surface area contributed by atoms with Gasteiger partial charge in [0.15, 0.2) is 0 Å². The van der Waals surface area contributed by atoms with E-state index in [4.69, 9.17) is 9.47 Å². The lowest BCUT2D eigenvalue weighted by Crippen LogP contribution is -2.20. The predicted octanol–water partition coefficient (Wildman–Crippen LogP) is 4.44. The predicted molar refractivity (Wildman–Crippen MR) is 106 cm³/mol. The van der Waals surface area contributed by atoms with Crippen LogP contribution in [-0.2, 0) is 4.74 Å². The van der Waals surface area contributed by atoms with Crippen LogP contribution in [0.5, 0.6) is 5.75 Å². The normalized spacial score (nSPS) is 13.8. The van der Waals surface area contributed by atoms with Gasteiger partial charge in [-0.1, -0.05) is 12.1 Å². The molecular formula is C22H21FN2O3. The summed E-state index contributed by atoms with van der Waals surface area (Å²) in [5.41, 5.74) is 1.75. The minimum Gasteiger partial charge on any atom is -0.496 e. The zero-order chi connectivity index (χ0) is 19.7. The number of ether oxygens (including phenoxy) is 2. The van der Waals surface area contributed by atoms with Crippen molar-refractivity contribution < 1.29 is 18.7 Å². The van der Waals surface area contributed by atoms with Crippen LogP contribution in [0.2, 0.25) is 0 Å². The molecule has 1 aliphatic heterocycles. The first-order valence-electron chi connectivity index (χ1n) is 9.23. The zero-order valence-electron chi connectivity index (χ0n) is 15.9. The second kappa shape index (κ2) is 7.46. The highest BCUT2D eigenvalue weighted by Crippen LogP contribution is 2.40. The zero-order valence-corrected chi connectivity index (χ0v) is 15.9. The first-order chi connectivity index (χ1) is 13.6. The van der Waals surface area contributed by atoms with Crippen molar-refractivity contribution in [2.75, 3.05) is 32.2 Å². The van der Waals surface area contributed by atoms with Gasteiger partial charge in [0.25, 0.3) is 0 Å². The molecule has 1 saturated heterocycles. The number of methoxy groups -OCH3 is 2. The molecule has 0 aliphatic carbocycles. The number of rotatable bonds is 4. The quantitative estimate of drug-likeness (QED) is 0.627. The topological polar surface area (TPSA) is 51.7 Å². The van der Waals surface area contributed by atoms with E-state index in [1.807, 2.05) is 6.07 Å². The SMILES string of the molecule is COC(=O)c1cccc2c(-c3cc(F)ccc3OC)cnc(N3CCCC3)c12. The molecule has 0 N–H and O–H groups in total. The van der Waals surface area contributed by atoms with Crippen molar-refractivity contribution in [2.45, 2.75) is 12.8 Å². The Balaban J connectivity index is 2.04. The van der Waals surface area contributed by atoms with Crippen molar-refractivity contribution in [3.8, 4) is 16.9 Å². The third kappa shape index (κ3) is 3.05. The van der Waals surface area contributed by atoms with Crippen LogP contribution < -0.4 is 9.64 Å². The molecule has 2 aromatic carbocycles. The van der Waals surface area contributed by atoms with Crippen LogP contribution >= 0.6 is 0 Å². The van der Waals surface area contributed by atoms with E-state index in [2.05, 4.69) is 9.88 Å². The van der Waals surface area contributed by atoms with Gasteiger partial charge in [0.1, 0.15) is 17.4 Å². The summed E-state index contributed by atoms with van der Waals surface area (Å²) < 4.78 is 24.4. The van der Waals surface area contributed by atoms with Gasteiger partial charge in [-0.2, -0.15) is 0 Å². The fraction of sp³-hybridized carbons (Fsp3) is 0.273. The summed E-state index contributed by atoms with van der Waals surface area (Å²) in [7, 11) is 2.91. The van der Waals surface area contributed by atoms with E-state index in [0.29, 0.717) is 22.4 Å². The monoisotopic (exact) mass is 380 g/mol. The third-order valence-electron chi connectivity index (χ3n) is 5.16.